The zero-order valence-corrected chi connectivity index (χ0v) is 22.6. The van der Waals surface area contributed by atoms with E-state index in [2.05, 4.69) is 13.8 Å². The first-order valence-electron chi connectivity index (χ1n) is 13.1. The van der Waals surface area contributed by atoms with Gasteiger partial charge in [0.05, 0.1) is 11.2 Å². The van der Waals surface area contributed by atoms with E-state index in [1.165, 1.54) is 25.7 Å². The fourth-order valence-electron chi connectivity index (χ4n) is 4.79. The molecule has 4 nitrogen and oxygen atoms in total. The van der Waals surface area contributed by atoms with Gasteiger partial charge in [-0.25, -0.2) is 0 Å². The largest absolute Gasteiger partial charge is 0.390 e. The Morgan fingerprint density at radius 3 is 1.64 bits per heavy atom. The lowest BCUT2D eigenvalue weighted by atomic mass is 9.81. The third-order valence-electron chi connectivity index (χ3n) is 7.52. The molecule has 0 bridgehead atoms. The Hall–Kier alpha value is -1.26. The summed E-state index contributed by atoms with van der Waals surface area (Å²) in [4.78, 5) is 24.9. The highest BCUT2D eigenvalue weighted by Gasteiger charge is 2.29. The number of hydrogen-bond donors (Lipinski definition) is 2. The van der Waals surface area contributed by atoms with Crippen LogP contribution < -0.4 is 0 Å². The number of aliphatic hydroxyl groups is 2. The Kier molecular flexibility index (Phi) is 11.7. The predicted molar refractivity (Wildman–Crippen MR) is 137 cm³/mol. The van der Waals surface area contributed by atoms with Gasteiger partial charge >= 0.3 is 0 Å². The Morgan fingerprint density at radius 1 is 0.667 bits per heavy atom. The molecular weight excluding hydrogens is 412 g/mol. The van der Waals surface area contributed by atoms with Crippen LogP contribution in [0.5, 0.6) is 0 Å². The zero-order chi connectivity index (χ0) is 25.4. The van der Waals surface area contributed by atoms with Crippen LogP contribution in [0, 0.1) is 11.8 Å². The highest BCUT2D eigenvalue weighted by atomic mass is 16.3. The van der Waals surface area contributed by atoms with E-state index in [9.17, 15) is 19.8 Å². The van der Waals surface area contributed by atoms with Crippen molar-refractivity contribution in [2.24, 2.45) is 11.8 Å². The molecule has 0 heterocycles. The van der Waals surface area contributed by atoms with Crippen LogP contribution in [0.15, 0.2) is 22.3 Å². The average Bonchev–Trinajstić information content (AvgIpc) is 2.69. The van der Waals surface area contributed by atoms with E-state index in [-0.39, 0.29) is 11.6 Å². The summed E-state index contributed by atoms with van der Waals surface area (Å²) in [5.41, 5.74) is 0.834. The Labute approximate surface area is 202 Å². The second kappa shape index (κ2) is 13.0. The van der Waals surface area contributed by atoms with Crippen molar-refractivity contribution >= 4 is 11.6 Å². The molecule has 1 rings (SSSR count). The molecule has 0 radical (unpaired) electrons. The molecular formula is C29H50O4. The summed E-state index contributed by atoms with van der Waals surface area (Å²) in [6.45, 7) is 15.4. The third-order valence-corrected chi connectivity index (χ3v) is 7.52. The summed E-state index contributed by atoms with van der Waals surface area (Å²) in [6.07, 6.45) is 10.6. The minimum atomic E-state index is -0.824. The first kappa shape index (κ1) is 29.8. The summed E-state index contributed by atoms with van der Waals surface area (Å²) in [5, 5.41) is 20.7. The second-order valence-electron chi connectivity index (χ2n) is 11.7. The molecule has 0 saturated heterocycles. The van der Waals surface area contributed by atoms with Crippen LogP contribution in [0.25, 0.3) is 0 Å². The number of ketones is 2. The fraction of sp³-hybridized carbons (Fsp3) is 0.793. The van der Waals surface area contributed by atoms with Crippen molar-refractivity contribution in [3.05, 3.63) is 22.3 Å². The average molecular weight is 463 g/mol. The van der Waals surface area contributed by atoms with Gasteiger partial charge in [-0.15, -0.1) is 0 Å². The molecule has 0 amide bonds. The Morgan fingerprint density at radius 2 is 1.12 bits per heavy atom. The van der Waals surface area contributed by atoms with Gasteiger partial charge in [0.15, 0.2) is 11.6 Å². The van der Waals surface area contributed by atoms with E-state index >= 15 is 0 Å². The number of hydrogen-bond acceptors (Lipinski definition) is 4. The number of allylic oxidation sites excluding steroid dienone is 4. The lowest BCUT2D eigenvalue weighted by molar-refractivity contribution is -0.116. The molecule has 0 aromatic heterocycles. The summed E-state index contributed by atoms with van der Waals surface area (Å²) < 4.78 is 0. The van der Waals surface area contributed by atoms with Crippen LogP contribution in [0.4, 0.5) is 0 Å². The van der Waals surface area contributed by atoms with Crippen LogP contribution in [0.2, 0.25) is 0 Å². The van der Waals surface area contributed by atoms with Gasteiger partial charge in [0, 0.05) is 22.3 Å². The van der Waals surface area contributed by atoms with Crippen molar-refractivity contribution < 1.29 is 19.8 Å². The lowest BCUT2D eigenvalue weighted by Gasteiger charge is -2.26. The van der Waals surface area contributed by atoms with Gasteiger partial charge in [0.25, 0.3) is 0 Å². The summed E-state index contributed by atoms with van der Waals surface area (Å²) in [7, 11) is 0. The normalized spacial score (nSPS) is 19.2. The summed E-state index contributed by atoms with van der Waals surface area (Å²) in [5.74, 6) is 1.27. The van der Waals surface area contributed by atoms with Crippen molar-refractivity contribution in [2.75, 3.05) is 0 Å². The van der Waals surface area contributed by atoms with E-state index in [1.54, 1.807) is 20.8 Å². The number of carbonyl (C=O) groups excluding carboxylic acids is 2. The first-order valence-corrected chi connectivity index (χ1v) is 13.1. The van der Waals surface area contributed by atoms with E-state index in [1.807, 2.05) is 20.8 Å². The predicted octanol–water partition coefficient (Wildman–Crippen LogP) is 6.88. The number of carbonyl (C=O) groups is 2. The zero-order valence-electron chi connectivity index (χ0n) is 22.6. The molecule has 0 aromatic rings. The van der Waals surface area contributed by atoms with Crippen molar-refractivity contribution in [1.82, 2.24) is 0 Å². The lowest BCUT2D eigenvalue weighted by Crippen LogP contribution is -2.27. The van der Waals surface area contributed by atoms with Crippen LogP contribution in [0.1, 0.15) is 126 Å². The van der Waals surface area contributed by atoms with Crippen LogP contribution in [-0.2, 0) is 9.59 Å². The number of rotatable bonds is 15. The van der Waals surface area contributed by atoms with Crippen LogP contribution >= 0.6 is 0 Å². The maximum atomic E-state index is 12.6. The van der Waals surface area contributed by atoms with Gasteiger partial charge < -0.3 is 10.2 Å². The van der Waals surface area contributed by atoms with Gasteiger partial charge in [-0.3, -0.25) is 9.59 Å². The molecule has 4 heteroatoms. The van der Waals surface area contributed by atoms with E-state index in [4.69, 9.17) is 0 Å². The molecule has 2 unspecified atom stereocenters. The number of Topliss-reactive ketones (excluding diaryl/α,β-unsaturated/α-hetero) is 2. The Balaban J connectivity index is 2.31. The third kappa shape index (κ3) is 10.7. The van der Waals surface area contributed by atoms with Crippen molar-refractivity contribution in [3.8, 4) is 0 Å². The molecule has 1 aliphatic rings. The molecule has 0 aliphatic heterocycles. The molecule has 3 atom stereocenters. The van der Waals surface area contributed by atoms with Gasteiger partial charge in [0.2, 0.25) is 0 Å². The van der Waals surface area contributed by atoms with Crippen molar-refractivity contribution in [1.29, 1.82) is 0 Å². The molecule has 0 spiro atoms. The highest BCUT2D eigenvalue weighted by molar-refractivity contribution is 6.24. The second-order valence-corrected chi connectivity index (χ2v) is 11.7. The topological polar surface area (TPSA) is 74.6 Å². The molecule has 0 fully saturated rings. The standard InChI is InChI=1S/C29H50O4/c1-20(14-10-17-28(6,7)32)12-9-13-21(2)15-11-18-29(8,33)19-16-25-24(5)26(30)22(3)23(4)27(25)31/h20-21,32-33H,9-19H2,1-8H3/t20-,21?,29?/m1/s1. The van der Waals surface area contributed by atoms with Gasteiger partial charge in [-0.05, 0) is 79.1 Å². The summed E-state index contributed by atoms with van der Waals surface area (Å²) in [6, 6.07) is 0. The maximum absolute atomic E-state index is 12.6. The monoisotopic (exact) mass is 462 g/mol. The maximum Gasteiger partial charge on any atom is 0.185 e. The van der Waals surface area contributed by atoms with Crippen LogP contribution in [0.3, 0.4) is 0 Å². The quantitative estimate of drug-likeness (QED) is 0.260. The minimum Gasteiger partial charge on any atom is -0.390 e. The molecule has 1 aliphatic carbocycles. The van der Waals surface area contributed by atoms with Crippen molar-refractivity contribution in [3.63, 3.8) is 0 Å². The fourth-order valence-corrected chi connectivity index (χ4v) is 4.79. The van der Waals surface area contributed by atoms with E-state index in [0.717, 1.165) is 25.7 Å². The van der Waals surface area contributed by atoms with Gasteiger partial charge in [-0.2, -0.15) is 0 Å². The van der Waals surface area contributed by atoms with E-state index in [0.29, 0.717) is 53.4 Å². The molecule has 0 aromatic carbocycles. The molecule has 33 heavy (non-hydrogen) atoms. The van der Waals surface area contributed by atoms with Crippen molar-refractivity contribution in [2.45, 2.75) is 137 Å². The highest BCUT2D eigenvalue weighted by Crippen LogP contribution is 2.31. The van der Waals surface area contributed by atoms with Gasteiger partial charge in [0.1, 0.15) is 0 Å². The molecule has 2 N–H and O–H groups in total. The summed E-state index contributed by atoms with van der Waals surface area (Å²) >= 11 is 0. The van der Waals surface area contributed by atoms with E-state index < -0.39 is 11.2 Å². The molecule has 190 valence electrons. The van der Waals surface area contributed by atoms with Gasteiger partial charge in [-0.1, -0.05) is 58.8 Å². The Bertz CT molecular complexity index is 733. The van der Waals surface area contributed by atoms with Crippen LogP contribution in [-0.4, -0.2) is 33.0 Å². The minimum absolute atomic E-state index is 0.0386. The first-order chi connectivity index (χ1) is 15.1. The smallest absolute Gasteiger partial charge is 0.185 e. The molecule has 0 saturated carbocycles. The SMILES string of the molecule is CC1=C(C)C(=O)C(CCC(C)(O)CCCC(C)CCC[C@@H](C)CCCC(C)(C)O)=C(C)C1=O.